The van der Waals surface area contributed by atoms with E-state index in [1.54, 1.807) is 0 Å². The Balaban J connectivity index is 0.00000361. The van der Waals surface area contributed by atoms with Crippen molar-refractivity contribution in [2.75, 3.05) is 0 Å². The zero-order chi connectivity index (χ0) is 14.7. The molecule has 0 aromatic heterocycles. The minimum atomic E-state index is -5.38. The Morgan fingerprint density at radius 2 is 1.90 bits per heavy atom. The number of hydrogen-bond donors (Lipinski definition) is 0. The average Bonchev–Trinajstić information content (AvgIpc) is 2.11. The largest absolute Gasteiger partial charge is 1.00 e. The van der Waals surface area contributed by atoms with Gasteiger partial charge in [-0.3, -0.25) is 0 Å². The fourth-order valence-electron chi connectivity index (χ4n) is 1.30. The number of benzene rings is 1. The summed E-state index contributed by atoms with van der Waals surface area (Å²) >= 11 is 0. The monoisotopic (exact) mass is 337 g/mol. The Labute approximate surface area is 154 Å². The van der Waals surface area contributed by atoms with Crippen LogP contribution in [-0.4, -0.2) is 15.4 Å². The SMILES string of the molecule is [K+].[N-]=[N+]=Nc1cc(C[B-](F)(F)F)cc(OS(=O)(=O)F)c1. The maximum atomic E-state index is 12.3. The van der Waals surface area contributed by atoms with E-state index in [0.717, 1.165) is 12.1 Å². The van der Waals surface area contributed by atoms with Gasteiger partial charge in [0.05, 0.1) is 0 Å². The summed E-state index contributed by atoms with van der Waals surface area (Å²) in [4.78, 5) is 2.33. The number of azide groups is 1. The molecule has 6 nitrogen and oxygen atoms in total. The van der Waals surface area contributed by atoms with E-state index >= 15 is 0 Å². The van der Waals surface area contributed by atoms with Crippen LogP contribution in [0.4, 0.5) is 22.5 Å². The summed E-state index contributed by atoms with van der Waals surface area (Å²) in [5.74, 6) is -0.706. The average molecular weight is 337 g/mol. The van der Waals surface area contributed by atoms with Gasteiger partial charge < -0.3 is 17.1 Å². The smallest absolute Gasteiger partial charge is 0.449 e. The molecule has 0 fully saturated rings. The molecule has 0 aliphatic rings. The summed E-state index contributed by atoms with van der Waals surface area (Å²) in [7, 11) is -5.38. The molecule has 0 saturated heterocycles. The number of halogens is 4. The van der Waals surface area contributed by atoms with Gasteiger partial charge in [0, 0.05) is 10.6 Å². The molecule has 1 rings (SSSR count). The van der Waals surface area contributed by atoms with Crippen molar-refractivity contribution in [1.82, 2.24) is 0 Å². The van der Waals surface area contributed by atoms with Gasteiger partial charge in [-0.15, -0.1) is 0 Å². The van der Waals surface area contributed by atoms with Crippen molar-refractivity contribution < 1.29 is 80.8 Å². The second kappa shape index (κ2) is 7.64. The summed E-state index contributed by atoms with van der Waals surface area (Å²) in [6, 6.07) is 2.39. The Kier molecular flexibility index (Phi) is 7.52. The molecule has 0 atom stereocenters. The van der Waals surface area contributed by atoms with Crippen LogP contribution in [0.25, 0.3) is 10.4 Å². The third-order valence-electron chi connectivity index (χ3n) is 1.77. The summed E-state index contributed by atoms with van der Waals surface area (Å²) in [6.45, 7) is -5.19. The molecule has 0 spiro atoms. The first-order valence-electron chi connectivity index (χ1n) is 4.63. The van der Waals surface area contributed by atoms with E-state index < -0.39 is 35.1 Å². The maximum Gasteiger partial charge on any atom is 1.00 e. The van der Waals surface area contributed by atoms with Crippen LogP contribution in [0, 0.1) is 0 Å². The molecule has 20 heavy (non-hydrogen) atoms. The van der Waals surface area contributed by atoms with Crippen molar-refractivity contribution in [2.45, 2.75) is 6.32 Å². The molecule has 0 radical (unpaired) electrons. The first-order valence-corrected chi connectivity index (χ1v) is 5.94. The number of nitrogens with zero attached hydrogens (tertiary/aromatic N) is 3. The molecule has 1 aromatic carbocycles. The molecular weight excluding hydrogens is 332 g/mol. The molecular formula is C7H5BF4KN3O3S. The standard InChI is InChI=1S/C7H5BF4N3O3S.K/c9-8(10,11)4-5-1-6(14-15-13)3-7(2-5)18-19(12,16)17;/h1-3H,4H2;/q-1;+1. The van der Waals surface area contributed by atoms with Gasteiger partial charge in [0.1, 0.15) is 5.75 Å². The summed E-state index contributed by atoms with van der Waals surface area (Å²) in [5.41, 5.74) is 7.45. The first-order chi connectivity index (χ1) is 8.59. The molecule has 0 saturated carbocycles. The van der Waals surface area contributed by atoms with E-state index in [2.05, 4.69) is 14.2 Å². The topological polar surface area (TPSA) is 92.1 Å². The van der Waals surface area contributed by atoms with Crippen LogP contribution < -0.4 is 55.6 Å². The maximum absolute atomic E-state index is 12.3. The van der Waals surface area contributed by atoms with E-state index in [1.807, 2.05) is 0 Å². The molecule has 0 amide bonds. The van der Waals surface area contributed by atoms with E-state index in [4.69, 9.17) is 5.53 Å². The molecule has 0 bridgehead atoms. The van der Waals surface area contributed by atoms with E-state index in [-0.39, 0.29) is 57.1 Å². The summed E-state index contributed by atoms with van der Waals surface area (Å²) in [5, 5.41) is 3.01. The van der Waals surface area contributed by atoms with Gasteiger partial charge in [-0.2, -0.15) is 8.42 Å². The van der Waals surface area contributed by atoms with Gasteiger partial charge >= 0.3 is 68.9 Å². The molecule has 0 aliphatic heterocycles. The minimum Gasteiger partial charge on any atom is -0.449 e. The van der Waals surface area contributed by atoms with Crippen LogP contribution in [0.5, 0.6) is 5.75 Å². The fraction of sp³-hybridized carbons (Fsp3) is 0.143. The fourth-order valence-corrected chi connectivity index (χ4v) is 1.63. The Morgan fingerprint density at radius 1 is 1.30 bits per heavy atom. The van der Waals surface area contributed by atoms with Crippen molar-refractivity contribution in [2.24, 2.45) is 5.11 Å². The summed E-state index contributed by atoms with van der Waals surface area (Å²) in [6.07, 6.45) is -1.35. The van der Waals surface area contributed by atoms with Gasteiger partial charge in [-0.05, 0) is 17.7 Å². The molecule has 1 aromatic rings. The Bertz CT molecular complexity index is 633. The molecule has 13 heteroatoms. The van der Waals surface area contributed by atoms with Crippen LogP contribution >= 0.6 is 0 Å². The van der Waals surface area contributed by atoms with E-state index in [1.165, 1.54) is 0 Å². The van der Waals surface area contributed by atoms with Gasteiger partial charge in [-0.25, -0.2) is 0 Å². The summed E-state index contributed by atoms with van der Waals surface area (Å²) < 4.78 is 73.4. The predicted molar refractivity (Wildman–Crippen MR) is 58.7 cm³/mol. The Hall–Kier alpha value is -0.299. The van der Waals surface area contributed by atoms with Crippen molar-refractivity contribution in [3.8, 4) is 5.75 Å². The molecule has 0 heterocycles. The van der Waals surface area contributed by atoms with E-state index in [9.17, 15) is 25.3 Å². The second-order valence-electron chi connectivity index (χ2n) is 3.42. The van der Waals surface area contributed by atoms with Crippen molar-refractivity contribution in [3.63, 3.8) is 0 Å². The van der Waals surface area contributed by atoms with Gasteiger partial charge in [-0.1, -0.05) is 27.0 Å². The van der Waals surface area contributed by atoms with Crippen LogP contribution in [-0.2, 0) is 16.8 Å². The Morgan fingerprint density at radius 3 is 2.35 bits per heavy atom. The third-order valence-corrected chi connectivity index (χ3v) is 2.17. The van der Waals surface area contributed by atoms with Crippen molar-refractivity contribution in [1.29, 1.82) is 0 Å². The molecule has 0 unspecified atom stereocenters. The molecule has 104 valence electrons. The second-order valence-corrected chi connectivity index (χ2v) is 4.37. The van der Waals surface area contributed by atoms with E-state index in [0.29, 0.717) is 6.07 Å². The predicted octanol–water partition coefficient (Wildman–Crippen LogP) is 0.155. The normalized spacial score (nSPS) is 11.2. The number of hydrogen-bond acceptors (Lipinski definition) is 4. The molecule has 0 N–H and O–H groups in total. The van der Waals surface area contributed by atoms with Crippen LogP contribution in [0.15, 0.2) is 23.3 Å². The third kappa shape index (κ3) is 8.09. The number of rotatable bonds is 5. The zero-order valence-electron chi connectivity index (χ0n) is 10.0. The van der Waals surface area contributed by atoms with Crippen LogP contribution in [0.1, 0.15) is 5.56 Å². The minimum absolute atomic E-state index is 0. The van der Waals surface area contributed by atoms with Gasteiger partial charge in [0.25, 0.3) is 0 Å². The van der Waals surface area contributed by atoms with Gasteiger partial charge in [0.15, 0.2) is 0 Å². The van der Waals surface area contributed by atoms with Crippen LogP contribution in [0.3, 0.4) is 0 Å². The first kappa shape index (κ1) is 19.7. The van der Waals surface area contributed by atoms with Crippen molar-refractivity contribution in [3.05, 3.63) is 34.2 Å². The van der Waals surface area contributed by atoms with Crippen molar-refractivity contribution >= 4 is 23.2 Å². The van der Waals surface area contributed by atoms with Crippen LogP contribution in [0.2, 0.25) is 0 Å². The van der Waals surface area contributed by atoms with Gasteiger partial charge in [0.2, 0.25) is 0 Å². The zero-order valence-corrected chi connectivity index (χ0v) is 13.9. The quantitative estimate of drug-likeness (QED) is 0.191. The molecule has 0 aliphatic carbocycles.